The number of halogens is 4. The van der Waals surface area contributed by atoms with Crippen molar-refractivity contribution in [3.05, 3.63) is 171 Å². The number of aliphatic imine (C=N–C) groups is 1. The molecule has 0 aliphatic carbocycles. The van der Waals surface area contributed by atoms with E-state index in [9.17, 15) is 19.2 Å². The quantitative estimate of drug-likeness (QED) is 0.0391. The minimum Gasteiger partial charge on any atom is -0.497 e. The number of benzene rings is 5. The Balaban J connectivity index is 0.510. The molecule has 0 unspecified atom stereocenters. The van der Waals surface area contributed by atoms with Gasteiger partial charge in [-0.25, -0.2) is 23.5 Å². The predicted molar refractivity (Wildman–Crippen MR) is 404 cm³/mol. The molecule has 0 radical (unpaired) electrons. The van der Waals surface area contributed by atoms with Gasteiger partial charge in [-0.1, -0.05) is 85.6 Å². The van der Waals surface area contributed by atoms with E-state index in [1.54, 1.807) is 53.3 Å². The molecule has 13 rings (SSSR count). The second kappa shape index (κ2) is 33.2. The number of piperidine rings is 2. The van der Waals surface area contributed by atoms with Gasteiger partial charge < -0.3 is 60.0 Å². The van der Waals surface area contributed by atoms with E-state index in [1.807, 2.05) is 68.4 Å². The maximum Gasteiger partial charge on any atom is 0.326 e. The Kier molecular flexibility index (Phi) is 23.6. The zero-order valence-electron chi connectivity index (χ0n) is 61.2. The molecule has 106 heavy (non-hydrogen) atoms. The van der Waals surface area contributed by atoms with E-state index in [2.05, 4.69) is 70.7 Å². The maximum absolute atomic E-state index is 15.8. The molecule has 3 atom stereocenters. The van der Waals surface area contributed by atoms with E-state index in [-0.39, 0.29) is 85.5 Å². The zero-order chi connectivity index (χ0) is 74.3. The fourth-order valence-electron chi connectivity index (χ4n) is 15.9. The van der Waals surface area contributed by atoms with Crippen LogP contribution >= 0.6 is 23.2 Å². The van der Waals surface area contributed by atoms with Crippen LogP contribution in [-0.2, 0) is 43.5 Å². The number of carbonyl (C=O) groups excluding carboxylic acids is 5. The number of aromatic nitrogens is 2. The first kappa shape index (κ1) is 75.5. The Morgan fingerprint density at radius 2 is 1.39 bits per heavy atom. The lowest BCUT2D eigenvalue weighted by atomic mass is 9.82. The summed E-state index contributed by atoms with van der Waals surface area (Å²) in [5.74, 6) is 0.922. The van der Waals surface area contributed by atoms with Gasteiger partial charge in [-0.05, 0) is 154 Å². The second-order valence-corrected chi connectivity index (χ2v) is 31.4. The van der Waals surface area contributed by atoms with Crippen LogP contribution in [0.15, 0.2) is 121 Å². The second-order valence-electron chi connectivity index (χ2n) is 30.5. The number of carbonyl (C=O) groups is 5. The number of nitrogens with zero attached hydrogens (tertiary/aromatic N) is 11. The number of urea groups is 1. The van der Waals surface area contributed by atoms with E-state index in [1.165, 1.54) is 28.3 Å². The Morgan fingerprint density at radius 3 is 2.11 bits per heavy atom. The van der Waals surface area contributed by atoms with Crippen LogP contribution in [0.1, 0.15) is 112 Å². The fraction of sp³-hybridized carbons (Fsp3) is 0.494. The molecular weight excluding hydrogens is 1400 g/mol. The Morgan fingerprint density at radius 1 is 0.689 bits per heavy atom. The summed E-state index contributed by atoms with van der Waals surface area (Å²) in [6.07, 6.45) is 6.60. The van der Waals surface area contributed by atoms with Crippen molar-refractivity contribution >= 4 is 76.0 Å². The van der Waals surface area contributed by atoms with Crippen LogP contribution in [0, 0.1) is 22.5 Å². The summed E-state index contributed by atoms with van der Waals surface area (Å²) in [5, 5.41) is 13.8. The Bertz CT molecular complexity index is 4180. The number of ether oxygens (including phenoxy) is 3. The first-order valence-electron chi connectivity index (χ1n) is 37.0. The molecule has 4 N–H and O–H groups in total. The van der Waals surface area contributed by atoms with Crippen LogP contribution < -0.4 is 40.5 Å². The van der Waals surface area contributed by atoms with Crippen molar-refractivity contribution in [3.63, 3.8) is 0 Å². The van der Waals surface area contributed by atoms with Crippen molar-refractivity contribution in [2.24, 2.45) is 15.8 Å². The summed E-state index contributed by atoms with van der Waals surface area (Å²) < 4.78 is 49.4. The van der Waals surface area contributed by atoms with Crippen LogP contribution in [0.3, 0.4) is 0 Å². The fourth-order valence-corrected chi connectivity index (χ4v) is 16.2. The third kappa shape index (κ3) is 18.4. The highest BCUT2D eigenvalue weighted by molar-refractivity contribution is 6.30. The summed E-state index contributed by atoms with van der Waals surface area (Å²) in [5.41, 5.74) is 4.40. The molecule has 0 bridgehead atoms. The minimum atomic E-state index is -0.660. The summed E-state index contributed by atoms with van der Waals surface area (Å²) in [4.78, 5) is 98.7. The first-order chi connectivity index (χ1) is 51.0. The van der Waals surface area contributed by atoms with E-state index >= 15 is 13.6 Å². The largest absolute Gasteiger partial charge is 0.497 e. The molecule has 8 heterocycles. The third-order valence-corrected chi connectivity index (χ3v) is 22.4. The zero-order valence-corrected chi connectivity index (χ0v) is 62.7. The number of nitrogens with one attached hydrogen (secondary N) is 4. The molecular formula is C79H97Cl2F2N15O8. The van der Waals surface area contributed by atoms with Crippen LogP contribution in [0.5, 0.6) is 11.5 Å². The molecule has 2 spiro atoms. The number of rotatable bonds is 25. The van der Waals surface area contributed by atoms with Crippen molar-refractivity contribution in [3.8, 4) is 11.5 Å². The van der Waals surface area contributed by atoms with Crippen molar-refractivity contribution < 1.29 is 47.0 Å². The third-order valence-electron chi connectivity index (χ3n) is 21.9. The number of anilines is 3. The first-order valence-corrected chi connectivity index (χ1v) is 37.8. The SMILES string of the molecule is COc1ccc(C2=N[C@@H](c3ccc(Cl)cc3)[C@@H](c3ccc(Cl)cc3)N2C(=O)N2CCN(CC(=O)NCCOCCN3CC[C@@]4(CCN(CC(=O)NCc5cccc(CNc6cc(N7CCC8(CC7)CN(c7cc(F)c(CN9CCC(C)(C)CC9)cc7F)CC(=O)N8)ncn6)c5)C4)C3)C(=O)C2)c(OC(C)C)c1. The monoisotopic (exact) mass is 1490 g/mol. The number of amides is 6. The van der Waals surface area contributed by atoms with Crippen LogP contribution in [0.4, 0.5) is 30.9 Å². The Hall–Kier alpha value is -8.72. The van der Waals surface area contributed by atoms with Crippen LogP contribution in [-0.4, -0.2) is 218 Å². The minimum absolute atomic E-state index is 0.0196. The van der Waals surface area contributed by atoms with E-state index < -0.39 is 35.3 Å². The number of hydrogen-bond donors (Lipinski definition) is 4. The molecule has 0 saturated carbocycles. The highest BCUT2D eigenvalue weighted by Crippen LogP contribution is 2.47. The lowest BCUT2D eigenvalue weighted by Crippen LogP contribution is -2.66. The van der Waals surface area contributed by atoms with Crippen molar-refractivity contribution in [1.29, 1.82) is 0 Å². The normalized spacial score (nSPS) is 21.3. The molecule has 5 aromatic carbocycles. The average Bonchev–Trinajstić information content (AvgIpc) is 1.56. The van der Waals surface area contributed by atoms with Gasteiger partial charge in [0.15, 0.2) is 0 Å². The highest BCUT2D eigenvalue weighted by Gasteiger charge is 2.48. The molecule has 7 aliphatic heterocycles. The van der Waals surface area contributed by atoms with Crippen LogP contribution in [0.25, 0.3) is 0 Å². The lowest BCUT2D eigenvalue weighted by Gasteiger charge is -2.48. The summed E-state index contributed by atoms with van der Waals surface area (Å²) in [6.45, 7) is 18.4. The average molecular weight is 1490 g/mol. The van der Waals surface area contributed by atoms with Gasteiger partial charge >= 0.3 is 6.03 Å². The molecule has 7 aliphatic rings. The van der Waals surface area contributed by atoms with Crippen LogP contribution in [0.2, 0.25) is 10.0 Å². The molecule has 23 nitrogen and oxygen atoms in total. The number of hydrogen-bond acceptors (Lipinski definition) is 17. The topological polar surface area (TPSA) is 225 Å². The number of piperazine rings is 2. The lowest BCUT2D eigenvalue weighted by molar-refractivity contribution is -0.139. The molecule has 6 saturated heterocycles. The van der Waals surface area contributed by atoms with E-state index in [4.69, 9.17) is 42.4 Å². The molecule has 564 valence electrons. The summed E-state index contributed by atoms with van der Waals surface area (Å²) in [7, 11) is 1.57. The standard InChI is InChI=1S/C79H97Cl2F2N15O8/c1-53(2)106-66-39-61(104-5)17-18-62(66)75-89-73(56-9-13-59(80)14-10-56)74(57-11-15-60(81)16-12-57)98(75)76(103)96-33-32-95(72(102)48-96)46-70(100)84-25-35-105-36-34-92-28-21-78(49-92)22-29-93(50-78)45-69(99)86-43-55-8-6-7-54(37-55)42-85-67-41-68(88-52-87-67)94-30-23-79(24-31-94)51-97(47-71(101)90-79)65-40-63(82)58(38-64(65)83)44-91-26-19-77(3,4)20-27-91/h6-18,37-41,52-53,73-74H,19-36,42-51H2,1-5H3,(H,84,100)(H,86,99)(H,90,101)(H,85,87,88)/t73-,74+,78+/m0/s1. The predicted octanol–water partition coefficient (Wildman–Crippen LogP) is 9.72. The van der Waals surface area contributed by atoms with Gasteiger partial charge in [0.2, 0.25) is 23.6 Å². The molecule has 1 aromatic heterocycles. The van der Waals surface area contributed by atoms with Gasteiger partial charge in [0.25, 0.3) is 0 Å². The van der Waals surface area contributed by atoms with Crippen molar-refractivity contribution in [2.75, 3.05) is 147 Å². The number of amidine groups is 1. The Labute approximate surface area is 629 Å². The highest BCUT2D eigenvalue weighted by atomic mass is 35.5. The molecule has 6 fully saturated rings. The number of likely N-dealkylation sites (tertiary alicyclic amines) is 3. The van der Waals surface area contributed by atoms with E-state index in [0.717, 1.165) is 99.6 Å². The van der Waals surface area contributed by atoms with Gasteiger partial charge in [0.1, 0.15) is 59.5 Å². The summed E-state index contributed by atoms with van der Waals surface area (Å²) >= 11 is 12.8. The van der Waals surface area contributed by atoms with Crippen molar-refractivity contribution in [2.45, 2.75) is 110 Å². The van der Waals surface area contributed by atoms with Gasteiger partial charge in [0, 0.05) is 112 Å². The molecule has 6 amide bonds. The smallest absolute Gasteiger partial charge is 0.326 e. The maximum atomic E-state index is 15.8. The number of methoxy groups -OCH3 is 1. The van der Waals surface area contributed by atoms with Gasteiger partial charge in [-0.15, -0.1) is 0 Å². The molecule has 6 aromatic rings. The molecule has 27 heteroatoms. The van der Waals surface area contributed by atoms with Gasteiger partial charge in [-0.3, -0.25) is 38.9 Å². The van der Waals surface area contributed by atoms with Gasteiger partial charge in [0.05, 0.1) is 68.9 Å². The van der Waals surface area contributed by atoms with Gasteiger partial charge in [-0.2, -0.15) is 0 Å². The van der Waals surface area contributed by atoms with Crippen molar-refractivity contribution in [1.82, 2.24) is 55.3 Å². The summed E-state index contributed by atoms with van der Waals surface area (Å²) in [6, 6.07) is 31.0. The van der Waals surface area contributed by atoms with E-state index in [0.29, 0.717) is 116 Å².